The van der Waals surface area contributed by atoms with Gasteiger partial charge in [0.15, 0.2) is 21.3 Å². The number of nitrogens with zero attached hydrogens (tertiary/aromatic N) is 3. The van der Waals surface area contributed by atoms with Gasteiger partial charge in [-0.3, -0.25) is 4.90 Å². The molecule has 0 radical (unpaired) electrons. The molecule has 4 heterocycles. The third kappa shape index (κ3) is 5.43. The molecule has 0 aliphatic carbocycles. The highest BCUT2D eigenvalue weighted by atomic mass is 32.2. The lowest BCUT2D eigenvalue weighted by Crippen LogP contribution is -2.40. The van der Waals surface area contributed by atoms with Crippen molar-refractivity contribution in [1.82, 2.24) is 14.5 Å². The van der Waals surface area contributed by atoms with Gasteiger partial charge >= 0.3 is 5.97 Å². The van der Waals surface area contributed by atoms with E-state index in [9.17, 15) is 17.6 Å². The van der Waals surface area contributed by atoms with E-state index in [0.717, 1.165) is 43.1 Å². The van der Waals surface area contributed by atoms with Crippen LogP contribution in [0.1, 0.15) is 60.3 Å². The van der Waals surface area contributed by atoms with Crippen LogP contribution in [-0.2, 0) is 33.5 Å². The SMILES string of the molecule is Cc1ccc([C@@]2(C)Oc3cccc(C4CCN(Cc5ncc(/C=C/C(=O)O)n5C[C@@H]5CCS5(=O)=O)CC4)c3O2)c(F)c1. The molecule has 222 valence electrons. The number of piperidine rings is 1. The minimum Gasteiger partial charge on any atom is -0.478 e. The van der Waals surface area contributed by atoms with E-state index < -0.39 is 26.8 Å². The maximum absolute atomic E-state index is 14.9. The van der Waals surface area contributed by atoms with Gasteiger partial charge in [-0.25, -0.2) is 22.6 Å². The summed E-state index contributed by atoms with van der Waals surface area (Å²) in [7, 11) is -3.12. The van der Waals surface area contributed by atoms with Crippen molar-refractivity contribution < 1.29 is 32.2 Å². The fraction of sp³-hybridized carbons (Fsp3) is 0.419. The second-order valence-electron chi connectivity index (χ2n) is 11.5. The summed E-state index contributed by atoms with van der Waals surface area (Å²) in [5.41, 5.74) is 2.80. The van der Waals surface area contributed by atoms with Crippen LogP contribution < -0.4 is 9.47 Å². The van der Waals surface area contributed by atoms with Crippen molar-refractivity contribution >= 4 is 21.9 Å². The Morgan fingerprint density at radius 1 is 1.19 bits per heavy atom. The zero-order valence-electron chi connectivity index (χ0n) is 23.6. The predicted octanol–water partition coefficient (Wildman–Crippen LogP) is 4.64. The smallest absolute Gasteiger partial charge is 0.328 e. The van der Waals surface area contributed by atoms with Crippen molar-refractivity contribution in [2.45, 2.75) is 63.2 Å². The highest BCUT2D eigenvalue weighted by molar-refractivity contribution is 7.93. The van der Waals surface area contributed by atoms with Crippen molar-refractivity contribution in [2.75, 3.05) is 18.8 Å². The minimum absolute atomic E-state index is 0.187. The molecule has 2 saturated heterocycles. The average molecular weight is 596 g/mol. The van der Waals surface area contributed by atoms with Crippen molar-refractivity contribution in [1.29, 1.82) is 0 Å². The molecule has 2 fully saturated rings. The van der Waals surface area contributed by atoms with Gasteiger partial charge in [-0.05, 0) is 75.0 Å². The van der Waals surface area contributed by atoms with E-state index in [1.54, 1.807) is 19.2 Å². The summed E-state index contributed by atoms with van der Waals surface area (Å²) in [6.07, 6.45) is 6.42. The fourth-order valence-corrected chi connectivity index (χ4v) is 7.44. The summed E-state index contributed by atoms with van der Waals surface area (Å²) in [5.74, 6) is -0.309. The van der Waals surface area contributed by atoms with E-state index >= 15 is 0 Å². The summed E-state index contributed by atoms with van der Waals surface area (Å²) in [4.78, 5) is 17.9. The van der Waals surface area contributed by atoms with Gasteiger partial charge in [-0.2, -0.15) is 0 Å². The Bertz CT molecular complexity index is 1660. The zero-order valence-corrected chi connectivity index (χ0v) is 24.4. The lowest BCUT2D eigenvalue weighted by Gasteiger charge is -2.33. The van der Waals surface area contributed by atoms with Crippen molar-refractivity contribution in [3.05, 3.63) is 82.7 Å². The van der Waals surface area contributed by atoms with E-state index in [0.29, 0.717) is 41.5 Å². The molecule has 0 amide bonds. The maximum Gasteiger partial charge on any atom is 0.328 e. The first-order chi connectivity index (χ1) is 20.0. The van der Waals surface area contributed by atoms with Crippen LogP contribution in [-0.4, -0.2) is 58.0 Å². The number of carboxylic acids is 1. The average Bonchev–Trinajstić information content (AvgIpc) is 3.49. The first-order valence-electron chi connectivity index (χ1n) is 14.2. The normalized spacial score (nSPS) is 23.7. The van der Waals surface area contributed by atoms with Crippen LogP contribution in [0.2, 0.25) is 0 Å². The Balaban J connectivity index is 1.15. The molecule has 2 atom stereocenters. The fourth-order valence-electron chi connectivity index (χ4n) is 6.11. The monoisotopic (exact) mass is 595 g/mol. The quantitative estimate of drug-likeness (QED) is 0.375. The lowest BCUT2D eigenvalue weighted by molar-refractivity contribution is -0.131. The number of aromatic nitrogens is 2. The molecule has 3 aromatic rings. The molecule has 9 nitrogen and oxygen atoms in total. The predicted molar refractivity (Wildman–Crippen MR) is 155 cm³/mol. The third-order valence-electron chi connectivity index (χ3n) is 8.60. The number of imidazole rings is 1. The molecule has 1 N–H and O–H groups in total. The Kier molecular flexibility index (Phi) is 7.34. The Morgan fingerprint density at radius 2 is 1.98 bits per heavy atom. The number of benzene rings is 2. The van der Waals surface area contributed by atoms with Gasteiger partial charge in [0.05, 0.1) is 35.0 Å². The number of carboxylic acid groups (broad SMARTS) is 1. The van der Waals surface area contributed by atoms with Crippen LogP contribution in [0.15, 0.2) is 48.7 Å². The number of ether oxygens (including phenoxy) is 2. The first kappa shape index (κ1) is 28.4. The van der Waals surface area contributed by atoms with Crippen LogP contribution in [0.4, 0.5) is 4.39 Å². The second kappa shape index (κ2) is 10.9. The Morgan fingerprint density at radius 3 is 2.64 bits per heavy atom. The van der Waals surface area contributed by atoms with Gasteiger partial charge in [-0.15, -0.1) is 0 Å². The first-order valence-corrected chi connectivity index (χ1v) is 15.9. The lowest BCUT2D eigenvalue weighted by atomic mass is 9.88. The zero-order chi connectivity index (χ0) is 29.6. The van der Waals surface area contributed by atoms with Crippen LogP contribution in [0.3, 0.4) is 0 Å². The van der Waals surface area contributed by atoms with E-state index in [1.807, 2.05) is 35.8 Å². The second-order valence-corrected chi connectivity index (χ2v) is 13.9. The molecule has 0 bridgehead atoms. The minimum atomic E-state index is -3.12. The van der Waals surface area contributed by atoms with Gasteiger partial charge < -0.3 is 19.1 Å². The topological polar surface area (TPSA) is 111 Å². The molecule has 2 aromatic carbocycles. The number of aliphatic carboxylic acids is 1. The Hall–Kier alpha value is -3.70. The highest BCUT2D eigenvalue weighted by Crippen LogP contribution is 2.49. The molecule has 6 rings (SSSR count). The number of likely N-dealkylation sites (tertiary alicyclic amines) is 1. The van der Waals surface area contributed by atoms with Gasteiger partial charge in [0.2, 0.25) is 0 Å². The molecular weight excluding hydrogens is 561 g/mol. The maximum atomic E-state index is 14.9. The molecule has 0 unspecified atom stereocenters. The molecule has 3 aliphatic heterocycles. The summed E-state index contributed by atoms with van der Waals surface area (Å²) < 4.78 is 53.7. The van der Waals surface area contributed by atoms with Crippen LogP contribution in [0.5, 0.6) is 11.5 Å². The highest BCUT2D eigenvalue weighted by Gasteiger charge is 2.43. The van der Waals surface area contributed by atoms with Gasteiger partial charge in [0.25, 0.3) is 5.79 Å². The number of sulfone groups is 1. The molecule has 42 heavy (non-hydrogen) atoms. The molecule has 1 aromatic heterocycles. The molecular formula is C31H34FN3O6S. The summed E-state index contributed by atoms with van der Waals surface area (Å²) in [6, 6.07) is 10.9. The van der Waals surface area contributed by atoms with Crippen molar-refractivity contribution in [3.8, 4) is 11.5 Å². The van der Waals surface area contributed by atoms with E-state index in [4.69, 9.17) is 14.6 Å². The molecule has 11 heteroatoms. The van der Waals surface area contributed by atoms with Crippen LogP contribution in [0, 0.1) is 12.7 Å². The number of rotatable bonds is 8. The summed E-state index contributed by atoms with van der Waals surface area (Å²) >= 11 is 0. The standard InChI is InChI=1S/C31H34FN3O6S/c1-20-6-8-25(26(32)16-20)31(2)40-27-5-3-4-24(30(27)41-31)21-10-13-34(14-11-21)19-28-33-17-22(7-9-29(36)37)35(28)18-23-12-15-42(23,38)39/h3-9,16-17,21,23H,10-15,18-19H2,1-2H3,(H,36,37)/b9-7+/t23-,31-/m0/s1. The number of carbonyl (C=O) groups is 1. The van der Waals surface area contributed by atoms with Gasteiger partial charge in [0, 0.05) is 25.1 Å². The van der Waals surface area contributed by atoms with Crippen LogP contribution >= 0.6 is 0 Å². The van der Waals surface area contributed by atoms with E-state index in [2.05, 4.69) is 9.88 Å². The van der Waals surface area contributed by atoms with E-state index in [1.165, 1.54) is 12.1 Å². The third-order valence-corrected chi connectivity index (χ3v) is 10.8. The number of aryl methyl sites for hydroxylation is 1. The van der Waals surface area contributed by atoms with Crippen molar-refractivity contribution in [2.24, 2.45) is 0 Å². The molecule has 0 spiro atoms. The largest absolute Gasteiger partial charge is 0.478 e. The van der Waals surface area contributed by atoms with E-state index in [-0.39, 0.29) is 24.0 Å². The number of fused-ring (bicyclic) bond motifs is 1. The van der Waals surface area contributed by atoms with Crippen LogP contribution in [0.25, 0.3) is 6.08 Å². The number of hydrogen-bond acceptors (Lipinski definition) is 7. The van der Waals surface area contributed by atoms with Gasteiger partial charge in [-0.1, -0.05) is 18.2 Å². The molecule has 0 saturated carbocycles. The van der Waals surface area contributed by atoms with Gasteiger partial charge in [0.1, 0.15) is 11.6 Å². The van der Waals surface area contributed by atoms with Crippen molar-refractivity contribution in [3.63, 3.8) is 0 Å². The number of para-hydroxylation sites is 1. The number of halogens is 1. The number of hydrogen-bond donors (Lipinski definition) is 1. The molecule has 3 aliphatic rings. The summed E-state index contributed by atoms with van der Waals surface area (Å²) in [6.45, 7) is 5.94. The summed E-state index contributed by atoms with van der Waals surface area (Å²) in [5, 5.41) is 8.61. The Labute approximate surface area is 244 Å².